The Hall–Kier alpha value is -0.620. The van der Waals surface area contributed by atoms with E-state index in [1.807, 2.05) is 20.8 Å². The van der Waals surface area contributed by atoms with E-state index >= 15 is 0 Å². The van der Waals surface area contributed by atoms with E-state index in [0.717, 1.165) is 25.6 Å². The molecule has 1 aliphatic rings. The fourth-order valence-electron chi connectivity index (χ4n) is 2.03. The summed E-state index contributed by atoms with van der Waals surface area (Å²) in [6.07, 6.45) is 2.79. The molecule has 0 aromatic carbocycles. The highest BCUT2D eigenvalue weighted by Crippen LogP contribution is 2.21. The number of nitrogens with one attached hydrogen (secondary N) is 1. The standard InChI is InChI=1S/C11H22N2O3S/c1-11(2,3)10(14)13-7-5-6-9(8-13)12-17(4,15)16/h9,12H,5-8H2,1-4H3/t9-/m0/s1. The van der Waals surface area contributed by atoms with Crippen LogP contribution < -0.4 is 4.72 Å². The molecule has 17 heavy (non-hydrogen) atoms. The minimum absolute atomic E-state index is 0.0810. The smallest absolute Gasteiger partial charge is 0.228 e. The van der Waals surface area contributed by atoms with Crippen molar-refractivity contribution in [1.82, 2.24) is 9.62 Å². The third kappa shape index (κ3) is 4.63. The second-order valence-electron chi connectivity index (χ2n) is 5.73. The minimum Gasteiger partial charge on any atom is -0.341 e. The van der Waals surface area contributed by atoms with Gasteiger partial charge in [0.1, 0.15) is 0 Å². The van der Waals surface area contributed by atoms with Crippen molar-refractivity contribution >= 4 is 15.9 Å². The maximum Gasteiger partial charge on any atom is 0.228 e. The predicted molar refractivity (Wildman–Crippen MR) is 67.0 cm³/mol. The van der Waals surface area contributed by atoms with Crippen molar-refractivity contribution in [2.24, 2.45) is 5.41 Å². The van der Waals surface area contributed by atoms with Crippen LogP contribution in [0.2, 0.25) is 0 Å². The molecule has 1 fully saturated rings. The maximum atomic E-state index is 12.1. The molecule has 0 unspecified atom stereocenters. The molecule has 0 aromatic heterocycles. The van der Waals surface area contributed by atoms with Crippen molar-refractivity contribution in [3.05, 3.63) is 0 Å². The van der Waals surface area contributed by atoms with Crippen molar-refractivity contribution in [1.29, 1.82) is 0 Å². The number of nitrogens with zero attached hydrogens (tertiary/aromatic N) is 1. The van der Waals surface area contributed by atoms with Crippen molar-refractivity contribution in [3.63, 3.8) is 0 Å². The Morgan fingerprint density at radius 2 is 1.94 bits per heavy atom. The lowest BCUT2D eigenvalue weighted by molar-refractivity contribution is -0.140. The van der Waals surface area contributed by atoms with Gasteiger partial charge in [0.05, 0.1) is 6.26 Å². The lowest BCUT2D eigenvalue weighted by Gasteiger charge is -2.36. The van der Waals surface area contributed by atoms with E-state index in [-0.39, 0.29) is 11.9 Å². The zero-order valence-electron chi connectivity index (χ0n) is 11.0. The van der Waals surface area contributed by atoms with Crippen LogP contribution >= 0.6 is 0 Å². The highest BCUT2D eigenvalue weighted by Gasteiger charge is 2.31. The van der Waals surface area contributed by atoms with Gasteiger partial charge in [0.2, 0.25) is 15.9 Å². The van der Waals surface area contributed by atoms with Gasteiger partial charge in [-0.15, -0.1) is 0 Å². The van der Waals surface area contributed by atoms with Gasteiger partial charge in [-0.25, -0.2) is 13.1 Å². The van der Waals surface area contributed by atoms with E-state index in [4.69, 9.17) is 0 Å². The number of piperidine rings is 1. The number of rotatable bonds is 2. The van der Waals surface area contributed by atoms with Gasteiger partial charge in [-0.2, -0.15) is 0 Å². The number of hydrogen-bond acceptors (Lipinski definition) is 3. The highest BCUT2D eigenvalue weighted by molar-refractivity contribution is 7.88. The third-order valence-electron chi connectivity index (χ3n) is 2.73. The number of sulfonamides is 1. The molecule has 1 aliphatic heterocycles. The molecule has 0 saturated carbocycles. The molecule has 100 valence electrons. The molecular weight excluding hydrogens is 240 g/mol. The maximum absolute atomic E-state index is 12.1. The Morgan fingerprint density at radius 1 is 1.35 bits per heavy atom. The molecule has 1 rings (SSSR count). The fourth-order valence-corrected chi connectivity index (χ4v) is 2.83. The molecule has 0 aromatic rings. The van der Waals surface area contributed by atoms with Crippen molar-refractivity contribution in [2.75, 3.05) is 19.3 Å². The van der Waals surface area contributed by atoms with Crippen LogP contribution in [0.25, 0.3) is 0 Å². The predicted octanol–water partition coefficient (Wildman–Crippen LogP) is 0.573. The SMILES string of the molecule is CC(C)(C)C(=O)N1CCC[C@H](NS(C)(=O)=O)C1. The summed E-state index contributed by atoms with van der Waals surface area (Å²) in [5.74, 6) is 0.0810. The molecule has 1 saturated heterocycles. The van der Waals surface area contributed by atoms with E-state index in [2.05, 4.69) is 4.72 Å². The molecule has 1 amide bonds. The van der Waals surface area contributed by atoms with E-state index in [1.54, 1.807) is 4.90 Å². The summed E-state index contributed by atoms with van der Waals surface area (Å²) in [5, 5.41) is 0. The first-order valence-electron chi connectivity index (χ1n) is 5.86. The molecule has 1 atom stereocenters. The van der Waals surface area contributed by atoms with Crippen LogP contribution in [0, 0.1) is 5.41 Å². The van der Waals surface area contributed by atoms with Crippen molar-refractivity contribution in [3.8, 4) is 0 Å². The summed E-state index contributed by atoms with van der Waals surface area (Å²) >= 11 is 0. The number of carbonyl (C=O) groups excluding carboxylic acids is 1. The highest BCUT2D eigenvalue weighted by atomic mass is 32.2. The summed E-state index contributed by atoms with van der Waals surface area (Å²) < 4.78 is 24.9. The summed E-state index contributed by atoms with van der Waals surface area (Å²) in [6, 6.07) is -0.148. The van der Waals surface area contributed by atoms with E-state index in [1.165, 1.54) is 0 Å². The van der Waals surface area contributed by atoms with Crippen LogP contribution in [0.1, 0.15) is 33.6 Å². The number of hydrogen-bond donors (Lipinski definition) is 1. The van der Waals surface area contributed by atoms with Gasteiger partial charge < -0.3 is 4.90 Å². The average molecular weight is 262 g/mol. The third-order valence-corrected chi connectivity index (χ3v) is 3.49. The summed E-state index contributed by atoms with van der Waals surface area (Å²) in [7, 11) is -3.20. The van der Waals surface area contributed by atoms with Crippen LogP contribution in [-0.2, 0) is 14.8 Å². The van der Waals surface area contributed by atoms with E-state index in [9.17, 15) is 13.2 Å². The van der Waals surface area contributed by atoms with Gasteiger partial charge in [0.25, 0.3) is 0 Å². The monoisotopic (exact) mass is 262 g/mol. The van der Waals surface area contributed by atoms with Crippen LogP contribution in [-0.4, -0.2) is 44.6 Å². The lowest BCUT2D eigenvalue weighted by Crippen LogP contribution is -2.51. The van der Waals surface area contributed by atoms with Gasteiger partial charge >= 0.3 is 0 Å². The Balaban J connectivity index is 2.64. The summed E-state index contributed by atoms with van der Waals surface area (Å²) in [6.45, 7) is 6.83. The molecule has 1 N–H and O–H groups in total. The first kappa shape index (κ1) is 14.4. The van der Waals surface area contributed by atoms with Gasteiger partial charge in [-0.3, -0.25) is 4.79 Å². The van der Waals surface area contributed by atoms with Gasteiger partial charge in [-0.1, -0.05) is 20.8 Å². The molecule has 0 spiro atoms. The Labute approximate surface area is 104 Å². The molecule has 5 nitrogen and oxygen atoms in total. The fraction of sp³-hybridized carbons (Fsp3) is 0.909. The molecule has 6 heteroatoms. The second kappa shape index (κ2) is 4.94. The lowest BCUT2D eigenvalue weighted by atomic mass is 9.93. The topological polar surface area (TPSA) is 66.5 Å². The van der Waals surface area contributed by atoms with E-state index < -0.39 is 15.4 Å². The van der Waals surface area contributed by atoms with Gasteiger partial charge in [0.15, 0.2) is 0 Å². The molecule has 0 radical (unpaired) electrons. The summed E-state index contributed by atoms with van der Waals surface area (Å²) in [5.41, 5.74) is -0.410. The minimum atomic E-state index is -3.20. The van der Waals surface area contributed by atoms with Crippen molar-refractivity contribution < 1.29 is 13.2 Å². The van der Waals surface area contributed by atoms with Gasteiger partial charge in [-0.05, 0) is 12.8 Å². The van der Waals surface area contributed by atoms with Crippen molar-refractivity contribution in [2.45, 2.75) is 39.7 Å². The van der Waals surface area contributed by atoms with Crippen LogP contribution in [0.4, 0.5) is 0 Å². The van der Waals surface area contributed by atoms with Gasteiger partial charge in [0, 0.05) is 24.5 Å². The van der Waals surface area contributed by atoms with Crippen LogP contribution in [0.3, 0.4) is 0 Å². The second-order valence-corrected chi connectivity index (χ2v) is 7.51. The van der Waals surface area contributed by atoms with Crippen LogP contribution in [0.5, 0.6) is 0 Å². The number of amides is 1. The quantitative estimate of drug-likeness (QED) is 0.791. The zero-order valence-corrected chi connectivity index (χ0v) is 11.8. The zero-order chi connectivity index (χ0) is 13.3. The first-order valence-corrected chi connectivity index (χ1v) is 7.75. The first-order chi connectivity index (χ1) is 7.59. The average Bonchev–Trinajstić information content (AvgIpc) is 2.12. The molecule has 0 bridgehead atoms. The van der Waals surface area contributed by atoms with Crippen LogP contribution in [0.15, 0.2) is 0 Å². The Kier molecular flexibility index (Phi) is 4.19. The molecule has 1 heterocycles. The summed E-state index contributed by atoms with van der Waals surface area (Å²) in [4.78, 5) is 13.8. The number of likely N-dealkylation sites (tertiary alicyclic amines) is 1. The Morgan fingerprint density at radius 3 is 2.41 bits per heavy atom. The molecule has 0 aliphatic carbocycles. The normalized spacial score (nSPS) is 22.6. The van der Waals surface area contributed by atoms with E-state index in [0.29, 0.717) is 6.54 Å². The largest absolute Gasteiger partial charge is 0.341 e. The molecular formula is C11H22N2O3S. The Bertz CT molecular complexity index is 384. The number of carbonyl (C=O) groups is 1.